The van der Waals surface area contributed by atoms with Crippen molar-refractivity contribution in [3.8, 4) is 0 Å². The monoisotopic (exact) mass is 352 g/mol. The number of cyclic esters (lactones) is 1. The third kappa shape index (κ3) is 3.19. The summed E-state index contributed by atoms with van der Waals surface area (Å²) < 4.78 is 5.24. The molecule has 0 unspecified atom stereocenters. The maximum atomic E-state index is 12.0. The molecule has 26 heavy (non-hydrogen) atoms. The molecule has 0 N–H and O–H groups in total. The van der Waals surface area contributed by atoms with Crippen LogP contribution >= 0.6 is 0 Å². The van der Waals surface area contributed by atoms with E-state index in [-0.39, 0.29) is 11.9 Å². The van der Waals surface area contributed by atoms with Crippen molar-refractivity contribution in [1.82, 2.24) is 9.80 Å². The zero-order valence-corrected chi connectivity index (χ0v) is 15.2. The lowest BCUT2D eigenvalue weighted by atomic mass is 9.94. The number of likely N-dealkylation sites (N-methyl/N-ethyl adjacent to an activating group) is 1. The van der Waals surface area contributed by atoms with Gasteiger partial charge in [-0.2, -0.15) is 0 Å². The highest BCUT2D eigenvalue weighted by Gasteiger charge is 2.22. The summed E-state index contributed by atoms with van der Waals surface area (Å²) in [5.41, 5.74) is 2.93. The van der Waals surface area contributed by atoms with Crippen LogP contribution in [0.25, 0.3) is 10.8 Å². The van der Waals surface area contributed by atoms with Gasteiger partial charge in [0.15, 0.2) is 0 Å². The van der Waals surface area contributed by atoms with Crippen LogP contribution in [0.4, 0.5) is 0 Å². The average Bonchev–Trinajstić information content (AvgIpc) is 2.65. The van der Waals surface area contributed by atoms with Crippen LogP contribution in [0.3, 0.4) is 0 Å². The van der Waals surface area contributed by atoms with Crippen molar-refractivity contribution in [3.05, 3.63) is 47.0 Å². The Balaban J connectivity index is 1.51. The Labute approximate surface area is 153 Å². The topological polar surface area (TPSA) is 49.9 Å². The first kappa shape index (κ1) is 17.0. The molecule has 2 aliphatic heterocycles. The summed E-state index contributed by atoms with van der Waals surface area (Å²) in [7, 11) is 2.08. The standard InChI is InChI=1S/C21H24N2O3/c1-22(11-12-23-10-3-2-7-19(23)24)13-15-8-9-16-14-26-21(25)18-6-4-5-17(15)20(16)18/h4-6,8-9H,2-3,7,10-14H2,1H3. The number of esters is 1. The van der Waals surface area contributed by atoms with Crippen LogP contribution in [-0.4, -0.2) is 48.4 Å². The zero-order chi connectivity index (χ0) is 18.1. The highest BCUT2D eigenvalue weighted by atomic mass is 16.5. The van der Waals surface area contributed by atoms with E-state index >= 15 is 0 Å². The Hall–Kier alpha value is -2.40. The molecular formula is C21H24N2O3. The van der Waals surface area contributed by atoms with E-state index in [9.17, 15) is 9.59 Å². The third-order valence-corrected chi connectivity index (χ3v) is 5.41. The van der Waals surface area contributed by atoms with Crippen LogP contribution in [0.2, 0.25) is 0 Å². The molecule has 0 atom stereocenters. The summed E-state index contributed by atoms with van der Waals surface area (Å²) in [5, 5.41) is 2.15. The van der Waals surface area contributed by atoms with E-state index in [1.807, 2.05) is 17.0 Å². The first-order chi connectivity index (χ1) is 12.6. The van der Waals surface area contributed by atoms with Crippen molar-refractivity contribution in [2.75, 3.05) is 26.7 Å². The number of amides is 1. The Morgan fingerprint density at radius 1 is 1.15 bits per heavy atom. The van der Waals surface area contributed by atoms with Gasteiger partial charge in [-0.25, -0.2) is 4.79 Å². The lowest BCUT2D eigenvalue weighted by Crippen LogP contribution is -2.40. The molecule has 0 radical (unpaired) electrons. The van der Waals surface area contributed by atoms with Crippen LogP contribution in [0.15, 0.2) is 30.3 Å². The van der Waals surface area contributed by atoms with Gasteiger partial charge in [-0.05, 0) is 42.5 Å². The van der Waals surface area contributed by atoms with Crippen LogP contribution < -0.4 is 0 Å². The van der Waals surface area contributed by atoms with E-state index in [0.29, 0.717) is 18.6 Å². The van der Waals surface area contributed by atoms with Gasteiger partial charge in [-0.15, -0.1) is 0 Å². The van der Waals surface area contributed by atoms with Crippen molar-refractivity contribution in [2.24, 2.45) is 0 Å². The number of nitrogens with zero attached hydrogens (tertiary/aromatic N) is 2. The lowest BCUT2D eigenvalue weighted by molar-refractivity contribution is -0.133. The number of hydrogen-bond donors (Lipinski definition) is 0. The number of likely N-dealkylation sites (tertiary alicyclic amines) is 1. The number of rotatable bonds is 5. The minimum Gasteiger partial charge on any atom is -0.457 e. The first-order valence-corrected chi connectivity index (χ1v) is 9.30. The number of ether oxygens (including phenoxy) is 1. The molecule has 136 valence electrons. The summed E-state index contributed by atoms with van der Waals surface area (Å²) in [6.45, 7) is 3.65. The van der Waals surface area contributed by atoms with Crippen molar-refractivity contribution >= 4 is 22.6 Å². The quantitative estimate of drug-likeness (QED) is 0.777. The molecule has 4 rings (SSSR count). The second-order valence-electron chi connectivity index (χ2n) is 7.26. The summed E-state index contributed by atoms with van der Waals surface area (Å²) in [5.74, 6) is 0.0435. The van der Waals surface area contributed by atoms with Crippen molar-refractivity contribution in [2.45, 2.75) is 32.4 Å². The van der Waals surface area contributed by atoms with Gasteiger partial charge in [0.2, 0.25) is 5.91 Å². The van der Waals surface area contributed by atoms with Crippen LogP contribution in [0, 0.1) is 0 Å². The average molecular weight is 352 g/mol. The largest absolute Gasteiger partial charge is 0.457 e. The summed E-state index contributed by atoms with van der Waals surface area (Å²) >= 11 is 0. The molecule has 2 aromatic carbocycles. The number of benzene rings is 2. The fourth-order valence-electron chi connectivity index (χ4n) is 3.95. The predicted octanol–water partition coefficient (Wildman–Crippen LogP) is 2.95. The number of carbonyl (C=O) groups is 2. The third-order valence-electron chi connectivity index (χ3n) is 5.41. The molecule has 1 saturated heterocycles. The van der Waals surface area contributed by atoms with E-state index in [2.05, 4.69) is 30.1 Å². The van der Waals surface area contributed by atoms with Gasteiger partial charge in [0.1, 0.15) is 6.61 Å². The van der Waals surface area contributed by atoms with Crippen molar-refractivity contribution < 1.29 is 14.3 Å². The SMILES string of the molecule is CN(CCN1CCCCC1=O)Cc1ccc2c3c(cccc13)C(=O)OC2. The molecule has 0 aliphatic carbocycles. The number of carbonyl (C=O) groups excluding carboxylic acids is 2. The zero-order valence-electron chi connectivity index (χ0n) is 15.2. The second kappa shape index (κ2) is 7.08. The fraction of sp³-hybridized carbons (Fsp3) is 0.429. The van der Waals surface area contributed by atoms with Gasteiger partial charge < -0.3 is 14.5 Å². The summed E-state index contributed by atoms with van der Waals surface area (Å²) in [6.07, 6.45) is 2.82. The van der Waals surface area contributed by atoms with Gasteiger partial charge in [-0.1, -0.05) is 24.3 Å². The van der Waals surface area contributed by atoms with Crippen LogP contribution in [0.1, 0.15) is 40.7 Å². The highest BCUT2D eigenvalue weighted by Crippen LogP contribution is 2.31. The van der Waals surface area contributed by atoms with E-state index in [4.69, 9.17) is 4.74 Å². The molecule has 1 fully saturated rings. The molecule has 0 spiro atoms. The molecular weight excluding hydrogens is 328 g/mol. The van der Waals surface area contributed by atoms with E-state index in [1.165, 1.54) is 5.56 Å². The van der Waals surface area contributed by atoms with Gasteiger partial charge in [0, 0.05) is 38.0 Å². The van der Waals surface area contributed by atoms with E-state index in [0.717, 1.165) is 55.4 Å². The van der Waals surface area contributed by atoms with Gasteiger partial charge in [0.05, 0.1) is 5.56 Å². The normalized spacial score (nSPS) is 17.1. The van der Waals surface area contributed by atoms with Crippen molar-refractivity contribution in [3.63, 3.8) is 0 Å². The lowest BCUT2D eigenvalue weighted by Gasteiger charge is -2.29. The highest BCUT2D eigenvalue weighted by molar-refractivity contribution is 6.08. The summed E-state index contributed by atoms with van der Waals surface area (Å²) in [4.78, 5) is 28.2. The maximum Gasteiger partial charge on any atom is 0.339 e. The summed E-state index contributed by atoms with van der Waals surface area (Å²) in [6, 6.07) is 10.0. The second-order valence-corrected chi connectivity index (χ2v) is 7.26. The van der Waals surface area contributed by atoms with E-state index in [1.54, 1.807) is 0 Å². The smallest absolute Gasteiger partial charge is 0.339 e. The maximum absolute atomic E-state index is 12.0. The van der Waals surface area contributed by atoms with E-state index < -0.39 is 0 Å². The first-order valence-electron chi connectivity index (χ1n) is 9.30. The van der Waals surface area contributed by atoms with Crippen LogP contribution in [0.5, 0.6) is 0 Å². The van der Waals surface area contributed by atoms with Gasteiger partial charge in [-0.3, -0.25) is 4.79 Å². The van der Waals surface area contributed by atoms with Crippen LogP contribution in [-0.2, 0) is 22.7 Å². The van der Waals surface area contributed by atoms with Gasteiger partial charge >= 0.3 is 5.97 Å². The molecule has 5 heteroatoms. The van der Waals surface area contributed by atoms with Gasteiger partial charge in [0.25, 0.3) is 0 Å². The minimum atomic E-state index is -0.239. The molecule has 2 aromatic rings. The molecule has 0 aromatic heterocycles. The number of piperidine rings is 1. The molecule has 1 amide bonds. The Kier molecular flexibility index (Phi) is 4.64. The minimum absolute atomic E-state index is 0.239. The Morgan fingerprint density at radius 3 is 2.88 bits per heavy atom. The molecule has 0 bridgehead atoms. The molecule has 5 nitrogen and oxygen atoms in total. The Morgan fingerprint density at radius 2 is 2.04 bits per heavy atom. The fourth-order valence-corrected chi connectivity index (χ4v) is 3.95. The molecule has 2 heterocycles. The number of hydrogen-bond acceptors (Lipinski definition) is 4. The Bertz CT molecular complexity index is 862. The molecule has 0 saturated carbocycles. The molecule has 2 aliphatic rings. The van der Waals surface area contributed by atoms with Crippen molar-refractivity contribution in [1.29, 1.82) is 0 Å². The predicted molar refractivity (Wildman–Crippen MR) is 99.8 cm³/mol.